The molecule has 1 aromatic heterocycles. The summed E-state index contributed by atoms with van der Waals surface area (Å²) in [6.07, 6.45) is 5.61. The number of hydrogen-bond acceptors (Lipinski definition) is 5. The van der Waals surface area contributed by atoms with Crippen LogP contribution in [0.3, 0.4) is 0 Å². The van der Waals surface area contributed by atoms with Crippen LogP contribution >= 0.6 is 12.2 Å². The van der Waals surface area contributed by atoms with Crippen molar-refractivity contribution >= 4 is 23.0 Å². The number of piperidine rings is 1. The van der Waals surface area contributed by atoms with Crippen LogP contribution in [0.2, 0.25) is 0 Å². The van der Waals surface area contributed by atoms with E-state index in [-0.39, 0.29) is 0 Å². The standard InChI is InChI=1S/C12H18N4OS/c1-17-8-9-3-2-6-16(7-9)12-10(11(13)18)14-4-5-15-12/h4-5,9H,2-3,6-8H2,1H3,(H2,13,18). The van der Waals surface area contributed by atoms with Gasteiger partial charge in [-0.05, 0) is 18.8 Å². The molecule has 0 aliphatic carbocycles. The van der Waals surface area contributed by atoms with Gasteiger partial charge in [0.05, 0.1) is 6.61 Å². The number of hydrogen-bond donors (Lipinski definition) is 1. The van der Waals surface area contributed by atoms with Crippen molar-refractivity contribution in [3.63, 3.8) is 0 Å². The summed E-state index contributed by atoms with van der Waals surface area (Å²) in [5, 5.41) is 0. The van der Waals surface area contributed by atoms with Gasteiger partial charge >= 0.3 is 0 Å². The fourth-order valence-corrected chi connectivity index (χ4v) is 2.51. The molecule has 1 atom stereocenters. The molecule has 1 fully saturated rings. The molecule has 2 rings (SSSR count). The molecule has 1 aliphatic rings. The van der Waals surface area contributed by atoms with Gasteiger partial charge in [-0.2, -0.15) is 0 Å². The first-order valence-electron chi connectivity index (χ1n) is 6.07. The van der Waals surface area contributed by atoms with Crippen LogP contribution in [0.15, 0.2) is 12.4 Å². The molecule has 2 N–H and O–H groups in total. The van der Waals surface area contributed by atoms with Gasteiger partial charge in [0.15, 0.2) is 5.82 Å². The monoisotopic (exact) mass is 266 g/mol. The van der Waals surface area contributed by atoms with Crippen LogP contribution < -0.4 is 10.6 Å². The second-order valence-electron chi connectivity index (χ2n) is 4.50. The van der Waals surface area contributed by atoms with Gasteiger partial charge in [0.2, 0.25) is 0 Å². The summed E-state index contributed by atoms with van der Waals surface area (Å²) < 4.78 is 5.23. The lowest BCUT2D eigenvalue weighted by Gasteiger charge is -2.33. The zero-order valence-corrected chi connectivity index (χ0v) is 11.3. The maximum atomic E-state index is 5.69. The summed E-state index contributed by atoms with van der Waals surface area (Å²) in [5.74, 6) is 1.33. The molecule has 0 aromatic carbocycles. The van der Waals surface area contributed by atoms with Gasteiger partial charge in [-0.15, -0.1) is 0 Å². The Hall–Kier alpha value is -1.27. The van der Waals surface area contributed by atoms with Crippen molar-refractivity contribution in [3.8, 4) is 0 Å². The molecular weight excluding hydrogens is 248 g/mol. The number of rotatable bonds is 4. The van der Waals surface area contributed by atoms with Gasteiger partial charge in [0.25, 0.3) is 0 Å². The second kappa shape index (κ2) is 6.06. The summed E-state index contributed by atoms with van der Waals surface area (Å²) >= 11 is 5.02. The summed E-state index contributed by atoms with van der Waals surface area (Å²) in [7, 11) is 1.74. The van der Waals surface area contributed by atoms with Crippen molar-refractivity contribution in [2.24, 2.45) is 11.7 Å². The van der Waals surface area contributed by atoms with Crippen molar-refractivity contribution in [1.29, 1.82) is 0 Å². The van der Waals surface area contributed by atoms with Crippen LogP contribution in [0.1, 0.15) is 18.5 Å². The molecule has 98 valence electrons. The largest absolute Gasteiger partial charge is 0.388 e. The Kier molecular flexibility index (Phi) is 4.43. The van der Waals surface area contributed by atoms with E-state index in [1.54, 1.807) is 19.5 Å². The molecule has 1 aliphatic heterocycles. The molecular formula is C12H18N4OS. The predicted molar refractivity (Wildman–Crippen MR) is 74.7 cm³/mol. The minimum atomic E-state index is 0.298. The van der Waals surface area contributed by atoms with Gasteiger partial charge < -0.3 is 15.4 Å². The third-order valence-corrected chi connectivity index (χ3v) is 3.33. The lowest BCUT2D eigenvalue weighted by molar-refractivity contribution is 0.143. The average molecular weight is 266 g/mol. The molecule has 18 heavy (non-hydrogen) atoms. The lowest BCUT2D eigenvalue weighted by atomic mass is 9.99. The SMILES string of the molecule is COCC1CCCN(c2nccnc2C(N)=S)C1. The third-order valence-electron chi connectivity index (χ3n) is 3.13. The summed E-state index contributed by atoms with van der Waals surface area (Å²) in [6.45, 7) is 2.66. The van der Waals surface area contributed by atoms with E-state index in [4.69, 9.17) is 22.7 Å². The van der Waals surface area contributed by atoms with Gasteiger partial charge in [-0.1, -0.05) is 12.2 Å². The molecule has 2 heterocycles. The second-order valence-corrected chi connectivity index (χ2v) is 4.94. The van der Waals surface area contributed by atoms with Crippen molar-refractivity contribution in [3.05, 3.63) is 18.1 Å². The first-order chi connectivity index (χ1) is 8.72. The normalized spacial score (nSPS) is 19.8. The highest BCUT2D eigenvalue weighted by Crippen LogP contribution is 2.23. The summed E-state index contributed by atoms with van der Waals surface area (Å²) in [4.78, 5) is 11.1. The highest BCUT2D eigenvalue weighted by atomic mass is 32.1. The van der Waals surface area contributed by atoms with E-state index in [1.807, 2.05) is 0 Å². The molecule has 1 saturated heterocycles. The number of thiocarbonyl (C=S) groups is 1. The topological polar surface area (TPSA) is 64.3 Å². The molecule has 5 nitrogen and oxygen atoms in total. The Bertz CT molecular complexity index is 424. The Morgan fingerprint density at radius 2 is 2.33 bits per heavy atom. The minimum Gasteiger partial charge on any atom is -0.388 e. The van der Waals surface area contributed by atoms with Gasteiger partial charge in [-0.25, -0.2) is 9.97 Å². The van der Waals surface area contributed by atoms with E-state index in [2.05, 4.69) is 14.9 Å². The predicted octanol–water partition coefficient (Wildman–Crippen LogP) is 0.974. The van der Waals surface area contributed by atoms with Crippen molar-refractivity contribution < 1.29 is 4.74 Å². The van der Waals surface area contributed by atoms with E-state index in [0.717, 1.165) is 31.9 Å². The number of ether oxygens (including phenoxy) is 1. The Balaban J connectivity index is 2.18. The molecule has 0 saturated carbocycles. The van der Waals surface area contributed by atoms with Gasteiger partial charge in [-0.3, -0.25) is 0 Å². The van der Waals surface area contributed by atoms with Crippen LogP contribution in [0, 0.1) is 5.92 Å². The smallest absolute Gasteiger partial charge is 0.157 e. The molecule has 1 aromatic rings. The highest BCUT2D eigenvalue weighted by molar-refractivity contribution is 7.80. The van der Waals surface area contributed by atoms with Crippen LogP contribution in [0.25, 0.3) is 0 Å². The Morgan fingerprint density at radius 3 is 3.06 bits per heavy atom. The summed E-state index contributed by atoms with van der Waals surface area (Å²) in [6, 6.07) is 0. The fourth-order valence-electron chi connectivity index (χ4n) is 2.37. The first kappa shape index (κ1) is 13.2. The average Bonchev–Trinajstić information content (AvgIpc) is 2.39. The number of nitrogens with zero attached hydrogens (tertiary/aromatic N) is 3. The van der Waals surface area contributed by atoms with Gasteiger partial charge in [0.1, 0.15) is 10.7 Å². The number of methoxy groups -OCH3 is 1. The van der Waals surface area contributed by atoms with Crippen LogP contribution in [0.4, 0.5) is 5.82 Å². The Labute approximate surface area is 112 Å². The van der Waals surface area contributed by atoms with Crippen LogP contribution in [-0.4, -0.2) is 41.8 Å². The maximum absolute atomic E-state index is 5.69. The van der Waals surface area contributed by atoms with E-state index >= 15 is 0 Å². The molecule has 0 bridgehead atoms. The molecule has 1 unspecified atom stereocenters. The molecule has 0 spiro atoms. The van der Waals surface area contributed by atoms with Crippen LogP contribution in [0.5, 0.6) is 0 Å². The highest BCUT2D eigenvalue weighted by Gasteiger charge is 2.23. The zero-order chi connectivity index (χ0) is 13.0. The Morgan fingerprint density at radius 1 is 1.56 bits per heavy atom. The quantitative estimate of drug-likeness (QED) is 0.819. The van der Waals surface area contributed by atoms with E-state index in [1.165, 1.54) is 6.42 Å². The first-order valence-corrected chi connectivity index (χ1v) is 6.48. The number of nitrogens with two attached hydrogens (primary N) is 1. The van der Waals surface area contributed by atoms with E-state index in [0.29, 0.717) is 16.6 Å². The van der Waals surface area contributed by atoms with Crippen molar-refractivity contribution in [1.82, 2.24) is 9.97 Å². The number of aromatic nitrogens is 2. The molecule has 0 radical (unpaired) electrons. The number of anilines is 1. The fraction of sp³-hybridized carbons (Fsp3) is 0.583. The van der Waals surface area contributed by atoms with Crippen LogP contribution in [-0.2, 0) is 4.74 Å². The van der Waals surface area contributed by atoms with Crippen molar-refractivity contribution in [2.45, 2.75) is 12.8 Å². The van der Waals surface area contributed by atoms with E-state index in [9.17, 15) is 0 Å². The maximum Gasteiger partial charge on any atom is 0.157 e. The molecule has 6 heteroatoms. The lowest BCUT2D eigenvalue weighted by Crippen LogP contribution is -2.39. The zero-order valence-electron chi connectivity index (χ0n) is 10.5. The van der Waals surface area contributed by atoms with Crippen molar-refractivity contribution in [2.75, 3.05) is 31.7 Å². The minimum absolute atomic E-state index is 0.298. The third kappa shape index (κ3) is 2.94. The molecule has 0 amide bonds. The van der Waals surface area contributed by atoms with E-state index < -0.39 is 0 Å². The summed E-state index contributed by atoms with van der Waals surface area (Å²) in [5.41, 5.74) is 6.31. The van der Waals surface area contributed by atoms with Gasteiger partial charge in [0, 0.05) is 32.6 Å².